The fourth-order valence-electron chi connectivity index (χ4n) is 7.66. The molecule has 2 aliphatic carbocycles. The van der Waals surface area contributed by atoms with Gasteiger partial charge in [0.25, 0.3) is 11.8 Å². The molecule has 6 atom stereocenters. The highest BCUT2D eigenvalue weighted by Crippen LogP contribution is 2.66. The minimum Gasteiger partial charge on any atom is -0.508 e. The van der Waals surface area contributed by atoms with Crippen molar-refractivity contribution in [2.24, 2.45) is 17.8 Å². The molecule has 0 unspecified atom stereocenters. The summed E-state index contributed by atoms with van der Waals surface area (Å²) in [5.74, 6) is -8.25. The van der Waals surface area contributed by atoms with Gasteiger partial charge in [0.2, 0.25) is 11.8 Å². The molecule has 9 nitrogen and oxygen atoms in total. The molecule has 2 heterocycles. The number of hydrogen-bond donors (Lipinski definition) is 2. The zero-order chi connectivity index (χ0) is 32.9. The summed E-state index contributed by atoms with van der Waals surface area (Å²) in [6, 6.07) is 14.9. The van der Waals surface area contributed by atoms with E-state index in [0.29, 0.717) is 16.7 Å². The van der Waals surface area contributed by atoms with Crippen LogP contribution in [0.1, 0.15) is 40.2 Å². The fraction of sp³-hybridized carbons (Fsp3) is 0.265. The zero-order valence-electron chi connectivity index (χ0n) is 24.1. The van der Waals surface area contributed by atoms with Crippen molar-refractivity contribution >= 4 is 64.2 Å². The lowest BCUT2D eigenvalue weighted by atomic mass is 9.56. The van der Waals surface area contributed by atoms with Crippen LogP contribution in [0, 0.1) is 30.5 Å². The second kappa shape index (κ2) is 10.2. The number of halogens is 3. The van der Waals surface area contributed by atoms with E-state index in [1.54, 1.807) is 25.1 Å². The summed E-state index contributed by atoms with van der Waals surface area (Å²) in [4.78, 5) is 65.9. The minimum atomic E-state index is -2.10. The van der Waals surface area contributed by atoms with Gasteiger partial charge in [-0.15, -0.1) is 23.2 Å². The number of nitrogens with zero attached hydrogens (tertiary/aromatic N) is 2. The lowest BCUT2D eigenvalue weighted by Crippen LogP contribution is -2.60. The lowest BCUT2D eigenvalue weighted by molar-refractivity contribution is -0.125. The Kier molecular flexibility index (Phi) is 6.70. The number of aryl methyl sites for hydroxylation is 1. The first-order valence-corrected chi connectivity index (χ1v) is 15.3. The van der Waals surface area contributed by atoms with Crippen molar-refractivity contribution in [3.63, 3.8) is 0 Å². The SMILES string of the molecule is Cc1cc([C@H]2C3=CC[C@@H]4C(=O)N(c5cccc(C(=O)O)c5)C(=O)[C@@H]4[C@@H]3C[C@@]3(Cl)C(=O)N(c4ccc(F)cc4)C(=O)[C@@]23Cl)ccc1O. The van der Waals surface area contributed by atoms with Gasteiger partial charge in [-0.3, -0.25) is 24.1 Å². The van der Waals surface area contributed by atoms with Crippen molar-refractivity contribution in [3.8, 4) is 5.75 Å². The number of phenolic OH excluding ortho intramolecular Hbond substituents is 1. The number of anilines is 2. The Hall–Kier alpha value is -4.54. The molecule has 4 amide bonds. The molecule has 234 valence electrons. The Morgan fingerprint density at radius 2 is 1.61 bits per heavy atom. The summed E-state index contributed by atoms with van der Waals surface area (Å²) in [7, 11) is 0. The number of phenols is 1. The van der Waals surface area contributed by atoms with E-state index in [-0.39, 0.29) is 35.5 Å². The van der Waals surface area contributed by atoms with Crippen LogP contribution in [-0.4, -0.2) is 49.6 Å². The van der Waals surface area contributed by atoms with Gasteiger partial charge in [-0.2, -0.15) is 0 Å². The summed E-state index contributed by atoms with van der Waals surface area (Å²) in [5, 5.41) is 19.8. The molecule has 0 aromatic heterocycles. The third kappa shape index (κ3) is 3.96. The Balaban J connectivity index is 1.39. The topological polar surface area (TPSA) is 132 Å². The monoisotopic (exact) mass is 662 g/mol. The second-order valence-corrected chi connectivity index (χ2v) is 13.4. The number of hydrogen-bond acceptors (Lipinski definition) is 6. The molecule has 0 bridgehead atoms. The van der Waals surface area contributed by atoms with Crippen molar-refractivity contribution in [3.05, 3.63) is 101 Å². The number of amides is 4. The molecule has 0 radical (unpaired) electrons. The first-order chi connectivity index (χ1) is 21.8. The number of benzene rings is 3. The molecular weight excluding hydrogens is 638 g/mol. The minimum absolute atomic E-state index is 0.00730. The van der Waals surface area contributed by atoms with E-state index in [4.69, 9.17) is 23.2 Å². The van der Waals surface area contributed by atoms with Gasteiger partial charge >= 0.3 is 5.97 Å². The van der Waals surface area contributed by atoms with Crippen LogP contribution in [0.5, 0.6) is 5.75 Å². The second-order valence-electron chi connectivity index (χ2n) is 12.2. The average Bonchev–Trinajstić information content (AvgIpc) is 3.37. The molecule has 4 aliphatic rings. The van der Waals surface area contributed by atoms with Gasteiger partial charge in [-0.05, 0) is 85.3 Å². The van der Waals surface area contributed by atoms with E-state index in [0.717, 1.165) is 21.9 Å². The maximum absolute atomic E-state index is 14.4. The van der Waals surface area contributed by atoms with Gasteiger partial charge in [-0.25, -0.2) is 14.1 Å². The molecule has 3 aromatic rings. The predicted octanol–water partition coefficient (Wildman–Crippen LogP) is 5.31. The maximum atomic E-state index is 14.4. The van der Waals surface area contributed by atoms with E-state index in [1.165, 1.54) is 42.5 Å². The molecule has 46 heavy (non-hydrogen) atoms. The van der Waals surface area contributed by atoms with Crippen LogP contribution in [0.4, 0.5) is 15.8 Å². The van der Waals surface area contributed by atoms with Gasteiger partial charge in [0.15, 0.2) is 9.75 Å². The highest BCUT2D eigenvalue weighted by atomic mass is 35.5. The molecule has 0 spiro atoms. The molecule has 7 rings (SSSR count). The molecule has 3 fully saturated rings. The van der Waals surface area contributed by atoms with Crippen molar-refractivity contribution in [1.29, 1.82) is 0 Å². The van der Waals surface area contributed by atoms with Crippen LogP contribution in [0.15, 0.2) is 78.4 Å². The number of aromatic carboxylic acids is 1. The molecule has 2 saturated heterocycles. The van der Waals surface area contributed by atoms with Gasteiger partial charge in [-0.1, -0.05) is 29.8 Å². The normalized spacial score (nSPS) is 30.2. The number of carboxylic acids is 1. The van der Waals surface area contributed by atoms with E-state index < -0.39 is 68.8 Å². The summed E-state index contributed by atoms with van der Waals surface area (Å²) >= 11 is 14.7. The van der Waals surface area contributed by atoms with E-state index in [1.807, 2.05) is 0 Å². The fourth-order valence-corrected chi connectivity index (χ4v) is 8.60. The number of imide groups is 2. The van der Waals surface area contributed by atoms with Crippen molar-refractivity contribution in [2.75, 3.05) is 9.80 Å². The van der Waals surface area contributed by atoms with E-state index in [2.05, 4.69) is 0 Å². The Morgan fingerprint density at radius 1 is 0.891 bits per heavy atom. The van der Waals surface area contributed by atoms with E-state index in [9.17, 15) is 38.6 Å². The van der Waals surface area contributed by atoms with Gasteiger partial charge in [0.05, 0.1) is 28.8 Å². The number of fused-ring (bicyclic) bond motifs is 4. The number of carboxylic acid groups (broad SMARTS) is 1. The van der Waals surface area contributed by atoms with Crippen molar-refractivity contribution in [1.82, 2.24) is 0 Å². The van der Waals surface area contributed by atoms with Crippen LogP contribution < -0.4 is 9.80 Å². The molecule has 1 saturated carbocycles. The average molecular weight is 663 g/mol. The number of carbonyl (C=O) groups is 5. The smallest absolute Gasteiger partial charge is 0.335 e. The quantitative estimate of drug-likeness (QED) is 0.220. The van der Waals surface area contributed by atoms with Crippen LogP contribution in [0.3, 0.4) is 0 Å². The third-order valence-corrected chi connectivity index (χ3v) is 11.2. The molecule has 2 N–H and O–H groups in total. The maximum Gasteiger partial charge on any atom is 0.335 e. The van der Waals surface area contributed by atoms with E-state index >= 15 is 0 Å². The number of rotatable bonds is 4. The predicted molar refractivity (Wildman–Crippen MR) is 165 cm³/mol. The standard InChI is InChI=1S/C34H25Cl2FN2O7/c1-16-13-17(5-12-25(16)40)27-22-10-11-23-26(29(42)38(28(23)41)21-4-2-3-18(14-21)30(43)44)24(22)15-33(35)31(45)39(32(46)34(27,33)36)20-8-6-19(37)7-9-20/h2-10,12-14,23-24,26-27,40H,11,15H2,1H3,(H,43,44)/t23-,24+,26-,27-,33+,34-/m0/s1. The zero-order valence-corrected chi connectivity index (χ0v) is 25.6. The number of alkyl halides is 2. The van der Waals surface area contributed by atoms with Gasteiger partial charge in [0.1, 0.15) is 11.6 Å². The molecule has 12 heteroatoms. The molecular formula is C34H25Cl2FN2O7. The Bertz CT molecular complexity index is 1930. The Morgan fingerprint density at radius 3 is 2.28 bits per heavy atom. The van der Waals surface area contributed by atoms with Crippen molar-refractivity contribution in [2.45, 2.75) is 35.4 Å². The summed E-state index contributed by atoms with van der Waals surface area (Å²) in [6.07, 6.45) is 1.64. The first kappa shape index (κ1) is 30.1. The Labute approximate surface area is 271 Å². The van der Waals surface area contributed by atoms with Gasteiger partial charge in [0, 0.05) is 5.92 Å². The number of carbonyl (C=O) groups excluding carboxylic acids is 4. The highest BCUT2D eigenvalue weighted by Gasteiger charge is 2.76. The number of allylic oxidation sites excluding steroid dienone is 2. The summed E-state index contributed by atoms with van der Waals surface area (Å²) in [5.41, 5.74) is 1.57. The summed E-state index contributed by atoms with van der Waals surface area (Å²) in [6.45, 7) is 1.66. The third-order valence-electron chi connectivity index (χ3n) is 9.80. The molecule has 3 aromatic carbocycles. The lowest BCUT2D eigenvalue weighted by Gasteiger charge is -2.50. The first-order valence-electron chi connectivity index (χ1n) is 14.5. The van der Waals surface area contributed by atoms with Crippen LogP contribution in [0.2, 0.25) is 0 Å². The van der Waals surface area contributed by atoms with Crippen LogP contribution >= 0.6 is 23.2 Å². The van der Waals surface area contributed by atoms with Gasteiger partial charge < -0.3 is 10.2 Å². The largest absolute Gasteiger partial charge is 0.508 e. The van der Waals surface area contributed by atoms with Crippen LogP contribution in [-0.2, 0) is 19.2 Å². The van der Waals surface area contributed by atoms with Crippen LogP contribution in [0.25, 0.3) is 0 Å². The highest BCUT2D eigenvalue weighted by molar-refractivity contribution is 6.58. The van der Waals surface area contributed by atoms with Crippen molar-refractivity contribution < 1.29 is 38.6 Å². The summed E-state index contributed by atoms with van der Waals surface area (Å²) < 4.78 is 13.8. The number of aromatic hydroxyl groups is 1. The molecule has 2 aliphatic heterocycles.